The number of likely N-dealkylation sites (N-methyl/N-ethyl adjacent to an activating group) is 1. The van der Waals surface area contributed by atoms with Crippen molar-refractivity contribution in [1.82, 2.24) is 9.80 Å². The van der Waals surface area contributed by atoms with Crippen molar-refractivity contribution in [2.45, 2.75) is 24.8 Å². The van der Waals surface area contributed by atoms with Crippen LogP contribution >= 0.6 is 0 Å². The number of hydrogen-bond acceptors (Lipinski definition) is 4. The van der Waals surface area contributed by atoms with E-state index in [1.165, 1.54) is 6.07 Å². The molecular formula is C16H24N2O3S. The molecule has 5 nitrogen and oxygen atoms in total. The summed E-state index contributed by atoms with van der Waals surface area (Å²) in [6.45, 7) is 5.35. The van der Waals surface area contributed by atoms with Crippen molar-refractivity contribution in [2.24, 2.45) is 5.92 Å². The summed E-state index contributed by atoms with van der Waals surface area (Å²) in [6.07, 6.45) is 1.16. The van der Waals surface area contributed by atoms with Gasteiger partial charge < -0.3 is 9.80 Å². The van der Waals surface area contributed by atoms with Crippen LogP contribution in [0, 0.1) is 12.8 Å². The van der Waals surface area contributed by atoms with Gasteiger partial charge in [-0.2, -0.15) is 0 Å². The predicted octanol–water partition coefficient (Wildman–Crippen LogP) is 1.42. The monoisotopic (exact) mass is 324 g/mol. The Balaban J connectivity index is 2.31. The van der Waals surface area contributed by atoms with Crippen LogP contribution in [-0.4, -0.2) is 63.6 Å². The molecule has 1 aliphatic heterocycles. The summed E-state index contributed by atoms with van der Waals surface area (Å²) in [5.41, 5.74) is 1.29. The summed E-state index contributed by atoms with van der Waals surface area (Å²) in [4.78, 5) is 16.9. The number of carbonyl (C=O) groups excluding carboxylic acids is 1. The van der Waals surface area contributed by atoms with Crippen LogP contribution in [-0.2, 0) is 9.84 Å². The Kier molecular flexibility index (Phi) is 4.63. The second kappa shape index (κ2) is 6.01. The van der Waals surface area contributed by atoms with E-state index in [0.29, 0.717) is 30.6 Å². The zero-order valence-corrected chi connectivity index (χ0v) is 14.6. The quantitative estimate of drug-likeness (QED) is 0.844. The molecule has 1 aromatic rings. The van der Waals surface area contributed by atoms with Crippen molar-refractivity contribution in [3.8, 4) is 0 Å². The molecule has 0 bridgehead atoms. The first kappa shape index (κ1) is 17.0. The van der Waals surface area contributed by atoms with Crippen molar-refractivity contribution in [3.05, 3.63) is 29.3 Å². The first-order valence-electron chi connectivity index (χ1n) is 7.37. The summed E-state index contributed by atoms with van der Waals surface area (Å²) >= 11 is 0. The highest BCUT2D eigenvalue weighted by Gasteiger charge is 2.34. The fourth-order valence-electron chi connectivity index (χ4n) is 3.02. The highest BCUT2D eigenvalue weighted by Crippen LogP contribution is 2.24. The van der Waals surface area contributed by atoms with Gasteiger partial charge in [0.2, 0.25) is 0 Å². The van der Waals surface area contributed by atoms with E-state index in [9.17, 15) is 13.2 Å². The van der Waals surface area contributed by atoms with Crippen LogP contribution in [0.4, 0.5) is 0 Å². The number of likely N-dealkylation sites (tertiary alicyclic amines) is 1. The minimum Gasteiger partial charge on any atom is -0.337 e. The molecule has 0 saturated carbocycles. The molecule has 22 heavy (non-hydrogen) atoms. The summed E-state index contributed by atoms with van der Waals surface area (Å²) in [7, 11) is 0.724. The lowest BCUT2D eigenvalue weighted by Crippen LogP contribution is -2.36. The normalized spacial score (nSPS) is 22.4. The zero-order chi connectivity index (χ0) is 16.7. The average Bonchev–Trinajstić information content (AvgIpc) is 2.79. The lowest BCUT2D eigenvalue weighted by molar-refractivity contribution is 0.0780. The molecule has 0 N–H and O–H groups in total. The molecule has 0 aliphatic carbocycles. The molecule has 2 rings (SSSR count). The van der Waals surface area contributed by atoms with Crippen LogP contribution in [0.15, 0.2) is 23.1 Å². The average molecular weight is 324 g/mol. The molecule has 0 radical (unpaired) electrons. The maximum absolute atomic E-state index is 12.8. The number of sulfone groups is 1. The number of benzene rings is 1. The topological polar surface area (TPSA) is 57.7 Å². The van der Waals surface area contributed by atoms with E-state index in [-0.39, 0.29) is 10.8 Å². The maximum Gasteiger partial charge on any atom is 0.254 e. The fraction of sp³-hybridized carbons (Fsp3) is 0.562. The van der Waals surface area contributed by atoms with Gasteiger partial charge in [0.25, 0.3) is 5.91 Å². The Morgan fingerprint density at radius 3 is 2.41 bits per heavy atom. The van der Waals surface area contributed by atoms with Crippen molar-refractivity contribution < 1.29 is 13.2 Å². The molecule has 1 aromatic carbocycles. The fourth-order valence-corrected chi connectivity index (χ4v) is 3.67. The minimum absolute atomic E-state index is 0.0841. The second-order valence-corrected chi connectivity index (χ2v) is 8.48. The molecule has 1 fully saturated rings. The van der Waals surface area contributed by atoms with E-state index < -0.39 is 9.84 Å². The minimum atomic E-state index is -3.31. The first-order chi connectivity index (χ1) is 10.1. The number of amides is 1. The van der Waals surface area contributed by atoms with Gasteiger partial charge in [-0.1, -0.05) is 13.0 Å². The molecule has 1 aliphatic rings. The van der Waals surface area contributed by atoms with Crippen LogP contribution in [0.1, 0.15) is 22.8 Å². The van der Waals surface area contributed by atoms with Gasteiger partial charge in [0, 0.05) is 31.0 Å². The predicted molar refractivity (Wildman–Crippen MR) is 86.8 cm³/mol. The zero-order valence-electron chi connectivity index (χ0n) is 13.8. The van der Waals surface area contributed by atoms with Crippen molar-refractivity contribution in [1.29, 1.82) is 0 Å². The first-order valence-corrected chi connectivity index (χ1v) is 9.27. The van der Waals surface area contributed by atoms with Crippen molar-refractivity contribution in [2.75, 3.05) is 33.4 Å². The van der Waals surface area contributed by atoms with Gasteiger partial charge in [0.05, 0.1) is 4.90 Å². The molecule has 6 heteroatoms. The third-order valence-electron chi connectivity index (χ3n) is 4.39. The van der Waals surface area contributed by atoms with Gasteiger partial charge in [0.1, 0.15) is 0 Å². The maximum atomic E-state index is 12.8. The van der Waals surface area contributed by atoms with E-state index in [0.717, 1.165) is 11.8 Å². The second-order valence-electron chi connectivity index (χ2n) is 6.47. The Bertz CT molecular complexity index is 683. The third-order valence-corrected chi connectivity index (χ3v) is 5.50. The van der Waals surface area contributed by atoms with Crippen molar-refractivity contribution in [3.63, 3.8) is 0 Å². The Hall–Kier alpha value is -1.40. The van der Waals surface area contributed by atoms with Crippen LogP contribution in [0.25, 0.3) is 0 Å². The van der Waals surface area contributed by atoms with Crippen LogP contribution in [0.2, 0.25) is 0 Å². The molecule has 0 unspecified atom stereocenters. The Labute approximate surface area is 132 Å². The highest BCUT2D eigenvalue weighted by molar-refractivity contribution is 7.90. The van der Waals surface area contributed by atoms with Gasteiger partial charge in [0.15, 0.2) is 9.84 Å². The summed E-state index contributed by atoms with van der Waals surface area (Å²) in [5.74, 6) is 0.316. The van der Waals surface area contributed by atoms with E-state index in [1.54, 1.807) is 12.1 Å². The smallest absolute Gasteiger partial charge is 0.254 e. The van der Waals surface area contributed by atoms with Crippen LogP contribution in [0.3, 0.4) is 0 Å². The molecule has 1 saturated heterocycles. The van der Waals surface area contributed by atoms with E-state index >= 15 is 0 Å². The highest BCUT2D eigenvalue weighted by atomic mass is 32.2. The van der Waals surface area contributed by atoms with E-state index in [4.69, 9.17) is 0 Å². The Morgan fingerprint density at radius 1 is 1.27 bits per heavy atom. The molecule has 2 atom stereocenters. The molecule has 1 amide bonds. The number of nitrogens with zero attached hydrogens (tertiary/aromatic N) is 2. The summed E-state index contributed by atoms with van der Waals surface area (Å²) < 4.78 is 23.4. The van der Waals surface area contributed by atoms with Crippen molar-refractivity contribution >= 4 is 15.7 Å². The van der Waals surface area contributed by atoms with Gasteiger partial charge in [-0.05, 0) is 44.6 Å². The van der Waals surface area contributed by atoms with E-state index in [2.05, 4.69) is 11.8 Å². The third kappa shape index (κ3) is 3.33. The Morgan fingerprint density at radius 2 is 1.91 bits per heavy atom. The molecular weight excluding hydrogens is 300 g/mol. The SMILES string of the molecule is Cc1ccc(S(C)(=O)=O)cc1C(=O)N1C[C@@H](C)[C@@H](N(C)C)C1. The summed E-state index contributed by atoms with van der Waals surface area (Å²) in [6, 6.07) is 5.09. The molecule has 0 aromatic heterocycles. The standard InChI is InChI=1S/C16H24N2O3S/c1-11-6-7-13(22(5,20)21)8-14(11)16(19)18-9-12(2)15(10-18)17(3)4/h6-8,12,15H,9-10H2,1-5H3/t12-,15+/m1/s1. The number of hydrogen-bond donors (Lipinski definition) is 0. The van der Waals surface area contributed by atoms with Crippen LogP contribution < -0.4 is 0 Å². The number of carbonyl (C=O) groups is 1. The number of aryl methyl sites for hydroxylation is 1. The lowest BCUT2D eigenvalue weighted by Gasteiger charge is -2.22. The lowest BCUT2D eigenvalue weighted by atomic mass is 10.1. The summed E-state index contributed by atoms with van der Waals surface area (Å²) in [5, 5.41) is 0. The van der Waals surface area contributed by atoms with Gasteiger partial charge >= 0.3 is 0 Å². The van der Waals surface area contributed by atoms with Crippen LogP contribution in [0.5, 0.6) is 0 Å². The van der Waals surface area contributed by atoms with Gasteiger partial charge in [-0.3, -0.25) is 4.79 Å². The largest absolute Gasteiger partial charge is 0.337 e. The number of rotatable bonds is 3. The van der Waals surface area contributed by atoms with Gasteiger partial charge in [-0.15, -0.1) is 0 Å². The molecule has 122 valence electrons. The van der Waals surface area contributed by atoms with E-state index in [1.807, 2.05) is 25.9 Å². The molecule has 1 heterocycles. The molecule has 0 spiro atoms. The van der Waals surface area contributed by atoms with Gasteiger partial charge in [-0.25, -0.2) is 8.42 Å².